The number of nitro groups is 1. The molecule has 156 valence electrons. The number of hydrogen-bond acceptors (Lipinski definition) is 6. The van der Waals surface area contributed by atoms with Crippen LogP contribution < -0.4 is 10.6 Å². The van der Waals surface area contributed by atoms with Gasteiger partial charge in [0.2, 0.25) is 0 Å². The topological polar surface area (TPSA) is 96.7 Å². The Hall–Kier alpha value is -3.04. The number of nitro benzene ring substituents is 1. The smallest absolute Gasteiger partial charge is 0.270 e. The van der Waals surface area contributed by atoms with E-state index in [1.807, 2.05) is 19.0 Å². The Bertz CT molecular complexity index is 860. The van der Waals surface area contributed by atoms with Gasteiger partial charge in [0, 0.05) is 38.0 Å². The van der Waals surface area contributed by atoms with Crippen LogP contribution in [0.3, 0.4) is 0 Å². The minimum absolute atomic E-state index is 0.159. The molecule has 1 atom stereocenters. The van der Waals surface area contributed by atoms with E-state index in [0.717, 1.165) is 0 Å². The monoisotopic (exact) mass is 404 g/mol. The first-order chi connectivity index (χ1) is 13.8. The van der Waals surface area contributed by atoms with Crippen LogP contribution in [0.15, 0.2) is 42.5 Å². The molecule has 0 unspecified atom stereocenters. The molecule has 0 heterocycles. The van der Waals surface area contributed by atoms with Gasteiger partial charge >= 0.3 is 0 Å². The fraction of sp³-hybridized carbons (Fsp3) is 0.350. The van der Waals surface area contributed by atoms with E-state index in [-0.39, 0.29) is 29.7 Å². The van der Waals surface area contributed by atoms with Crippen LogP contribution in [0.2, 0.25) is 0 Å². The van der Waals surface area contributed by atoms with Crippen LogP contribution in [0.1, 0.15) is 22.0 Å². The number of carbonyl (C=O) groups is 1. The number of halogens is 1. The highest BCUT2D eigenvalue weighted by molar-refractivity contribution is 6.00. The predicted octanol–water partition coefficient (Wildman–Crippen LogP) is 2.82. The molecule has 1 amide bonds. The first-order valence-electron chi connectivity index (χ1n) is 9.04. The van der Waals surface area contributed by atoms with Gasteiger partial charge in [-0.05, 0) is 37.9 Å². The van der Waals surface area contributed by atoms with E-state index in [0.29, 0.717) is 24.4 Å². The number of nitrogens with zero attached hydrogens (tertiary/aromatic N) is 2. The van der Waals surface area contributed by atoms with Crippen molar-refractivity contribution >= 4 is 17.3 Å². The number of methoxy groups -OCH3 is 1. The largest absolute Gasteiger partial charge is 0.383 e. The Balaban J connectivity index is 2.20. The summed E-state index contributed by atoms with van der Waals surface area (Å²) in [4.78, 5) is 25.2. The number of rotatable bonds is 10. The van der Waals surface area contributed by atoms with E-state index in [4.69, 9.17) is 4.74 Å². The Labute approximate surface area is 168 Å². The molecule has 0 fully saturated rings. The van der Waals surface area contributed by atoms with E-state index < -0.39 is 10.8 Å². The molecule has 0 saturated carbocycles. The first-order valence-corrected chi connectivity index (χ1v) is 9.04. The van der Waals surface area contributed by atoms with Gasteiger partial charge in [-0.15, -0.1) is 0 Å². The lowest BCUT2D eigenvalue weighted by Crippen LogP contribution is -2.35. The Kier molecular flexibility index (Phi) is 8.05. The molecule has 2 aromatic carbocycles. The molecular formula is C20H25FN4O4. The number of nitrogens with one attached hydrogen (secondary N) is 2. The highest BCUT2D eigenvalue weighted by Gasteiger charge is 2.20. The van der Waals surface area contributed by atoms with Crippen molar-refractivity contribution in [1.82, 2.24) is 10.2 Å². The summed E-state index contributed by atoms with van der Waals surface area (Å²) in [6, 6.07) is 9.97. The Morgan fingerprint density at radius 2 is 2.03 bits per heavy atom. The third kappa shape index (κ3) is 6.23. The average Bonchev–Trinajstić information content (AvgIpc) is 2.68. The molecule has 0 saturated heterocycles. The zero-order chi connectivity index (χ0) is 21.4. The number of amides is 1. The summed E-state index contributed by atoms with van der Waals surface area (Å²) in [7, 11) is 5.21. The van der Waals surface area contributed by atoms with Crippen molar-refractivity contribution in [2.45, 2.75) is 6.04 Å². The van der Waals surface area contributed by atoms with Gasteiger partial charge in [-0.3, -0.25) is 14.9 Å². The molecule has 0 aliphatic rings. The number of non-ortho nitro benzene ring substituents is 1. The van der Waals surface area contributed by atoms with E-state index in [1.54, 1.807) is 19.2 Å². The van der Waals surface area contributed by atoms with Crippen LogP contribution in [-0.2, 0) is 4.74 Å². The summed E-state index contributed by atoms with van der Waals surface area (Å²) in [5.41, 5.74) is 1.17. The molecule has 0 spiro atoms. The van der Waals surface area contributed by atoms with Crippen molar-refractivity contribution in [1.29, 1.82) is 0 Å². The summed E-state index contributed by atoms with van der Waals surface area (Å²) >= 11 is 0. The maximum atomic E-state index is 13.6. The van der Waals surface area contributed by atoms with Gasteiger partial charge in [-0.1, -0.05) is 12.1 Å². The van der Waals surface area contributed by atoms with Gasteiger partial charge in [0.1, 0.15) is 5.82 Å². The maximum Gasteiger partial charge on any atom is 0.270 e. The molecule has 0 aliphatic heterocycles. The summed E-state index contributed by atoms with van der Waals surface area (Å²) in [6.07, 6.45) is 0. The molecule has 9 heteroatoms. The molecule has 0 aliphatic carbocycles. The summed E-state index contributed by atoms with van der Waals surface area (Å²) in [6.45, 7) is 1.06. The van der Waals surface area contributed by atoms with Crippen LogP contribution in [0.5, 0.6) is 0 Å². The van der Waals surface area contributed by atoms with E-state index in [1.165, 1.54) is 30.3 Å². The number of likely N-dealkylation sites (N-methyl/N-ethyl adjacent to an activating group) is 1. The van der Waals surface area contributed by atoms with Crippen molar-refractivity contribution in [3.8, 4) is 0 Å². The van der Waals surface area contributed by atoms with Crippen LogP contribution in [0, 0.1) is 15.9 Å². The molecule has 29 heavy (non-hydrogen) atoms. The fourth-order valence-corrected chi connectivity index (χ4v) is 2.87. The second kappa shape index (κ2) is 10.5. The molecule has 2 N–H and O–H groups in total. The van der Waals surface area contributed by atoms with Gasteiger partial charge in [0.25, 0.3) is 11.6 Å². The second-order valence-corrected chi connectivity index (χ2v) is 6.65. The number of carbonyl (C=O) groups excluding carboxylic acids is 1. The predicted molar refractivity (Wildman–Crippen MR) is 109 cm³/mol. The highest BCUT2D eigenvalue weighted by atomic mass is 19.1. The van der Waals surface area contributed by atoms with Gasteiger partial charge < -0.3 is 20.3 Å². The third-order valence-corrected chi connectivity index (χ3v) is 4.39. The summed E-state index contributed by atoms with van der Waals surface area (Å²) < 4.78 is 18.6. The van der Waals surface area contributed by atoms with Crippen molar-refractivity contribution < 1.29 is 18.8 Å². The quantitative estimate of drug-likeness (QED) is 0.359. The number of hydrogen-bond donors (Lipinski definition) is 2. The van der Waals surface area contributed by atoms with E-state index >= 15 is 0 Å². The van der Waals surface area contributed by atoms with Crippen molar-refractivity contribution in [3.05, 3.63) is 69.5 Å². The molecule has 8 nitrogen and oxygen atoms in total. The number of ether oxygens (including phenoxy) is 1. The zero-order valence-electron chi connectivity index (χ0n) is 16.6. The van der Waals surface area contributed by atoms with Crippen LogP contribution in [-0.4, -0.2) is 56.6 Å². The summed E-state index contributed by atoms with van der Waals surface area (Å²) in [5, 5.41) is 17.0. The van der Waals surface area contributed by atoms with E-state index in [9.17, 15) is 19.3 Å². The molecule has 2 aromatic rings. The fourth-order valence-electron chi connectivity index (χ4n) is 2.87. The molecule has 2 rings (SSSR count). The van der Waals surface area contributed by atoms with Gasteiger partial charge in [0.05, 0.1) is 23.1 Å². The number of anilines is 1. The minimum Gasteiger partial charge on any atom is -0.383 e. The highest BCUT2D eigenvalue weighted by Crippen LogP contribution is 2.23. The van der Waals surface area contributed by atoms with Crippen molar-refractivity contribution in [3.63, 3.8) is 0 Å². The summed E-state index contributed by atoms with van der Waals surface area (Å²) in [5.74, 6) is -0.819. The average molecular weight is 404 g/mol. The standard InChI is InChI=1S/C20H25FN4O4/c1-24(2)19(14-5-4-6-15(21)11-14)13-23-20(26)17-12-16(25(27)28)7-8-18(17)22-9-10-29-3/h4-8,11-12,19,22H,9-10,13H2,1-3H3,(H,23,26)/t19-/m1/s1. The lowest BCUT2D eigenvalue weighted by atomic mass is 10.1. The van der Waals surface area contributed by atoms with Crippen molar-refractivity contribution in [2.75, 3.05) is 46.2 Å². The number of benzene rings is 2. The lowest BCUT2D eigenvalue weighted by molar-refractivity contribution is -0.384. The van der Waals surface area contributed by atoms with Crippen LogP contribution >= 0.6 is 0 Å². The minimum atomic E-state index is -0.551. The zero-order valence-corrected chi connectivity index (χ0v) is 16.6. The van der Waals surface area contributed by atoms with Crippen molar-refractivity contribution in [2.24, 2.45) is 0 Å². The van der Waals surface area contributed by atoms with Gasteiger partial charge in [0.15, 0.2) is 0 Å². The van der Waals surface area contributed by atoms with E-state index in [2.05, 4.69) is 10.6 Å². The first kappa shape index (κ1) is 22.3. The van der Waals surface area contributed by atoms with Gasteiger partial charge in [-0.25, -0.2) is 4.39 Å². The van der Waals surface area contributed by atoms with Crippen LogP contribution in [0.25, 0.3) is 0 Å². The molecular weight excluding hydrogens is 379 g/mol. The second-order valence-electron chi connectivity index (χ2n) is 6.65. The Morgan fingerprint density at radius 3 is 2.66 bits per heavy atom. The molecule has 0 aromatic heterocycles. The molecule has 0 bridgehead atoms. The maximum absolute atomic E-state index is 13.6. The Morgan fingerprint density at radius 1 is 1.28 bits per heavy atom. The normalized spacial score (nSPS) is 11.9. The third-order valence-electron chi connectivity index (χ3n) is 4.39. The lowest BCUT2D eigenvalue weighted by Gasteiger charge is -2.25. The molecule has 0 radical (unpaired) electrons. The van der Waals surface area contributed by atoms with Gasteiger partial charge in [-0.2, -0.15) is 0 Å². The SMILES string of the molecule is COCCNc1ccc([N+](=O)[O-])cc1C(=O)NC[C@H](c1cccc(F)c1)N(C)C. The van der Waals surface area contributed by atoms with Crippen LogP contribution in [0.4, 0.5) is 15.8 Å².